The van der Waals surface area contributed by atoms with Gasteiger partial charge < -0.3 is 15.8 Å². The second kappa shape index (κ2) is 5.40. The van der Waals surface area contributed by atoms with Crippen LogP contribution in [-0.4, -0.2) is 25.2 Å². The van der Waals surface area contributed by atoms with Crippen LogP contribution in [0.15, 0.2) is 40.9 Å². The number of ether oxygens (including phenoxy) is 1. The molecule has 2 unspecified atom stereocenters. The van der Waals surface area contributed by atoms with Crippen molar-refractivity contribution >= 4 is 38.3 Å². The maximum absolute atomic E-state index is 12.6. The van der Waals surface area contributed by atoms with Gasteiger partial charge in [-0.3, -0.25) is 4.79 Å². The molecule has 3 rings (SSSR count). The van der Waals surface area contributed by atoms with Crippen LogP contribution in [0.5, 0.6) is 0 Å². The average Bonchev–Trinajstić information content (AvgIpc) is 2.83. The van der Waals surface area contributed by atoms with Crippen LogP contribution in [0, 0.1) is 5.41 Å². The summed E-state index contributed by atoms with van der Waals surface area (Å²) in [6, 6.07) is 11.5. The summed E-state index contributed by atoms with van der Waals surface area (Å²) in [6.45, 7) is 2.63. The molecule has 0 radical (unpaired) electrons. The molecule has 1 fully saturated rings. The lowest BCUT2D eigenvalue weighted by molar-refractivity contribution is -0.125. The van der Waals surface area contributed by atoms with E-state index >= 15 is 0 Å². The standard InChI is InChI=1S/C16H17BrN2O2/c1-16(9-21-8-14(16)18)15(20)19-13-7-6-12(17)10-4-2-3-5-11(10)13/h2-7,14H,8-9,18H2,1H3,(H,19,20). The molecule has 2 aromatic rings. The Morgan fingerprint density at radius 3 is 2.71 bits per heavy atom. The zero-order chi connectivity index (χ0) is 15.0. The number of carbonyl (C=O) groups excluding carboxylic acids is 1. The number of carbonyl (C=O) groups is 1. The zero-order valence-corrected chi connectivity index (χ0v) is 13.3. The van der Waals surface area contributed by atoms with Crippen molar-refractivity contribution in [1.82, 2.24) is 0 Å². The summed E-state index contributed by atoms with van der Waals surface area (Å²) in [7, 11) is 0. The highest BCUT2D eigenvalue weighted by Crippen LogP contribution is 2.33. The van der Waals surface area contributed by atoms with Crippen molar-refractivity contribution in [3.05, 3.63) is 40.9 Å². The fourth-order valence-electron chi connectivity index (χ4n) is 2.56. The first-order chi connectivity index (χ1) is 10.0. The Morgan fingerprint density at radius 1 is 1.33 bits per heavy atom. The molecule has 110 valence electrons. The van der Waals surface area contributed by atoms with E-state index in [9.17, 15) is 4.79 Å². The molecule has 21 heavy (non-hydrogen) atoms. The number of nitrogens with one attached hydrogen (secondary N) is 1. The number of halogens is 1. The van der Waals surface area contributed by atoms with Gasteiger partial charge in [0.2, 0.25) is 5.91 Å². The highest BCUT2D eigenvalue weighted by Gasteiger charge is 2.44. The van der Waals surface area contributed by atoms with Crippen molar-refractivity contribution in [2.24, 2.45) is 11.1 Å². The molecule has 3 N–H and O–H groups in total. The average molecular weight is 349 g/mol. The van der Waals surface area contributed by atoms with Crippen LogP contribution in [0.25, 0.3) is 10.8 Å². The van der Waals surface area contributed by atoms with Gasteiger partial charge in [-0.05, 0) is 24.4 Å². The summed E-state index contributed by atoms with van der Waals surface area (Å²) in [5, 5.41) is 5.06. The number of hydrogen-bond acceptors (Lipinski definition) is 3. The van der Waals surface area contributed by atoms with Gasteiger partial charge in [-0.1, -0.05) is 40.2 Å². The SMILES string of the molecule is CC1(C(=O)Nc2ccc(Br)c3ccccc23)COCC1N. The van der Waals surface area contributed by atoms with Crippen LogP contribution in [-0.2, 0) is 9.53 Å². The lowest BCUT2D eigenvalue weighted by Gasteiger charge is -2.25. The lowest BCUT2D eigenvalue weighted by atomic mass is 9.84. The largest absolute Gasteiger partial charge is 0.379 e. The molecular formula is C16H17BrN2O2. The quantitative estimate of drug-likeness (QED) is 0.876. The molecular weight excluding hydrogens is 332 g/mol. The van der Waals surface area contributed by atoms with E-state index in [2.05, 4.69) is 21.2 Å². The highest BCUT2D eigenvalue weighted by molar-refractivity contribution is 9.10. The smallest absolute Gasteiger partial charge is 0.234 e. The van der Waals surface area contributed by atoms with Crippen LogP contribution in [0.4, 0.5) is 5.69 Å². The second-order valence-electron chi connectivity index (χ2n) is 5.63. The Morgan fingerprint density at radius 2 is 2.05 bits per heavy atom. The van der Waals surface area contributed by atoms with E-state index in [1.165, 1.54) is 0 Å². The molecule has 0 saturated carbocycles. The minimum atomic E-state index is -0.686. The fourth-order valence-corrected chi connectivity index (χ4v) is 3.04. The van der Waals surface area contributed by atoms with Gasteiger partial charge in [0.25, 0.3) is 0 Å². The normalized spacial score (nSPS) is 25.2. The monoisotopic (exact) mass is 348 g/mol. The number of hydrogen-bond donors (Lipinski definition) is 2. The zero-order valence-electron chi connectivity index (χ0n) is 11.7. The third kappa shape index (κ3) is 2.46. The number of amides is 1. The fraction of sp³-hybridized carbons (Fsp3) is 0.312. The Balaban J connectivity index is 1.96. The van der Waals surface area contributed by atoms with Gasteiger partial charge >= 0.3 is 0 Å². The minimum absolute atomic E-state index is 0.0972. The van der Waals surface area contributed by atoms with E-state index in [4.69, 9.17) is 10.5 Å². The molecule has 0 spiro atoms. The second-order valence-corrected chi connectivity index (χ2v) is 6.49. The van der Waals surface area contributed by atoms with Gasteiger partial charge in [0.15, 0.2) is 0 Å². The summed E-state index contributed by atoms with van der Waals surface area (Å²) in [6.07, 6.45) is 0. The molecule has 0 bridgehead atoms. The molecule has 2 atom stereocenters. The third-order valence-electron chi connectivity index (χ3n) is 4.16. The number of nitrogens with two attached hydrogens (primary N) is 1. The van der Waals surface area contributed by atoms with E-state index in [0.717, 1.165) is 20.9 Å². The van der Waals surface area contributed by atoms with Crippen molar-refractivity contribution in [2.45, 2.75) is 13.0 Å². The van der Waals surface area contributed by atoms with Crippen molar-refractivity contribution in [2.75, 3.05) is 18.5 Å². The molecule has 1 aliphatic rings. The number of anilines is 1. The first kappa shape index (κ1) is 14.5. The van der Waals surface area contributed by atoms with Gasteiger partial charge in [-0.15, -0.1) is 0 Å². The number of fused-ring (bicyclic) bond motifs is 1. The van der Waals surface area contributed by atoms with Crippen molar-refractivity contribution in [1.29, 1.82) is 0 Å². The highest BCUT2D eigenvalue weighted by atomic mass is 79.9. The summed E-state index contributed by atoms with van der Waals surface area (Å²) in [5.41, 5.74) is 6.12. The number of rotatable bonds is 2. The van der Waals surface area contributed by atoms with Crippen molar-refractivity contribution in [3.8, 4) is 0 Å². The molecule has 1 saturated heterocycles. The Hall–Kier alpha value is -1.43. The molecule has 1 amide bonds. The maximum atomic E-state index is 12.6. The summed E-state index contributed by atoms with van der Waals surface area (Å²) in [4.78, 5) is 12.6. The molecule has 1 heterocycles. The third-order valence-corrected chi connectivity index (χ3v) is 4.85. The Kier molecular flexibility index (Phi) is 3.73. The van der Waals surface area contributed by atoms with Gasteiger partial charge in [0.05, 0.1) is 18.6 Å². The van der Waals surface area contributed by atoms with Gasteiger partial charge in [-0.25, -0.2) is 0 Å². The predicted molar refractivity (Wildman–Crippen MR) is 87.2 cm³/mol. The summed E-state index contributed by atoms with van der Waals surface area (Å²) >= 11 is 3.53. The first-order valence-corrected chi connectivity index (χ1v) is 7.64. The number of benzene rings is 2. The van der Waals surface area contributed by atoms with Crippen LogP contribution in [0.3, 0.4) is 0 Å². The Bertz CT molecular complexity index is 704. The van der Waals surface area contributed by atoms with Crippen LogP contribution in [0.1, 0.15) is 6.92 Å². The van der Waals surface area contributed by atoms with Crippen molar-refractivity contribution < 1.29 is 9.53 Å². The first-order valence-electron chi connectivity index (χ1n) is 6.84. The molecule has 0 aromatic heterocycles. The van der Waals surface area contributed by atoms with Crippen molar-refractivity contribution in [3.63, 3.8) is 0 Å². The minimum Gasteiger partial charge on any atom is -0.379 e. The molecule has 2 aromatic carbocycles. The summed E-state index contributed by atoms with van der Waals surface area (Å²) < 4.78 is 6.35. The molecule has 5 heteroatoms. The lowest BCUT2D eigenvalue weighted by Crippen LogP contribution is -2.47. The van der Waals surface area contributed by atoms with Crippen LogP contribution in [0.2, 0.25) is 0 Å². The van der Waals surface area contributed by atoms with E-state index < -0.39 is 5.41 Å². The molecule has 1 aliphatic heterocycles. The maximum Gasteiger partial charge on any atom is 0.234 e. The van der Waals surface area contributed by atoms with E-state index in [1.807, 2.05) is 43.3 Å². The van der Waals surface area contributed by atoms with Gasteiger partial charge in [-0.2, -0.15) is 0 Å². The molecule has 4 nitrogen and oxygen atoms in total. The topological polar surface area (TPSA) is 64.3 Å². The van der Waals surface area contributed by atoms with E-state index in [0.29, 0.717) is 13.2 Å². The van der Waals surface area contributed by atoms with E-state index in [-0.39, 0.29) is 11.9 Å². The molecule has 0 aliphatic carbocycles. The summed E-state index contributed by atoms with van der Waals surface area (Å²) in [5.74, 6) is -0.0972. The van der Waals surface area contributed by atoms with E-state index in [1.54, 1.807) is 0 Å². The van der Waals surface area contributed by atoms with Crippen LogP contribution < -0.4 is 11.1 Å². The predicted octanol–water partition coefficient (Wildman–Crippen LogP) is 2.90. The van der Waals surface area contributed by atoms with Crippen LogP contribution >= 0.6 is 15.9 Å². The van der Waals surface area contributed by atoms with Gasteiger partial charge in [0.1, 0.15) is 0 Å². The van der Waals surface area contributed by atoms with Gasteiger partial charge in [0, 0.05) is 21.6 Å². The Labute approximate surface area is 131 Å².